The van der Waals surface area contributed by atoms with Gasteiger partial charge in [0.2, 0.25) is 5.75 Å². The van der Waals surface area contributed by atoms with Crippen LogP contribution in [-0.4, -0.2) is 62.9 Å². The molecule has 2 aromatic rings. The number of piperazine rings is 1. The monoisotopic (exact) mass is 544 g/mol. The number of aliphatic imine (C=N–C) groups is 1. The first-order chi connectivity index (χ1) is 14.5. The van der Waals surface area contributed by atoms with Crippen LogP contribution in [0.2, 0.25) is 0 Å². The van der Waals surface area contributed by atoms with Crippen LogP contribution >= 0.6 is 24.0 Å². The number of guanidine groups is 1. The number of methoxy groups -OCH3 is 2. The molecule has 2 N–H and O–H groups in total. The van der Waals surface area contributed by atoms with Gasteiger partial charge in [0.15, 0.2) is 17.5 Å². The number of nitrogens with zero attached hydrogens (tertiary/aromatic N) is 3. The molecule has 1 aliphatic rings. The largest absolute Gasteiger partial charge is 0.502 e. The molecule has 0 bridgehead atoms. The minimum Gasteiger partial charge on any atom is -0.502 e. The van der Waals surface area contributed by atoms with Gasteiger partial charge in [0.25, 0.3) is 0 Å². The van der Waals surface area contributed by atoms with Crippen molar-refractivity contribution in [1.82, 2.24) is 10.2 Å². The number of rotatable bonds is 6. The zero-order chi connectivity index (χ0) is 21.5. The molecule has 0 atom stereocenters. The summed E-state index contributed by atoms with van der Waals surface area (Å²) in [6, 6.07) is 10.1. The number of nitrogens with one attached hydrogen (secondary N) is 1. The summed E-state index contributed by atoms with van der Waals surface area (Å²) in [6.45, 7) is 6.51. The molecule has 9 heteroatoms. The van der Waals surface area contributed by atoms with E-state index >= 15 is 0 Å². The Morgan fingerprint density at radius 1 is 1.06 bits per heavy atom. The van der Waals surface area contributed by atoms with Crippen molar-refractivity contribution in [2.24, 2.45) is 4.99 Å². The molecule has 31 heavy (non-hydrogen) atoms. The fraction of sp³-hybridized carbons (Fsp3) is 0.409. The van der Waals surface area contributed by atoms with Crippen molar-refractivity contribution >= 4 is 35.6 Å². The zero-order valence-electron chi connectivity index (χ0n) is 18.1. The van der Waals surface area contributed by atoms with Crippen LogP contribution in [0.5, 0.6) is 17.2 Å². The van der Waals surface area contributed by atoms with E-state index in [9.17, 15) is 9.50 Å². The van der Waals surface area contributed by atoms with E-state index in [1.807, 2.05) is 19.1 Å². The maximum atomic E-state index is 13.2. The van der Waals surface area contributed by atoms with Crippen molar-refractivity contribution in [3.05, 3.63) is 47.8 Å². The van der Waals surface area contributed by atoms with Gasteiger partial charge in [-0.05, 0) is 48.9 Å². The maximum absolute atomic E-state index is 13.2. The van der Waals surface area contributed by atoms with Gasteiger partial charge < -0.3 is 29.7 Å². The number of ether oxygens (including phenoxy) is 2. The number of halogens is 2. The molecule has 0 aromatic heterocycles. The number of phenols is 1. The lowest BCUT2D eigenvalue weighted by Crippen LogP contribution is -2.52. The molecule has 2 aromatic carbocycles. The average molecular weight is 544 g/mol. The molecule has 0 spiro atoms. The van der Waals surface area contributed by atoms with Crippen LogP contribution in [0.15, 0.2) is 41.4 Å². The summed E-state index contributed by atoms with van der Waals surface area (Å²) < 4.78 is 23.6. The molecule has 0 amide bonds. The lowest BCUT2D eigenvalue weighted by atomic mass is 10.2. The van der Waals surface area contributed by atoms with Gasteiger partial charge in [0, 0.05) is 38.4 Å². The third-order valence-electron chi connectivity index (χ3n) is 5.06. The second-order valence-corrected chi connectivity index (χ2v) is 6.97. The van der Waals surface area contributed by atoms with Crippen LogP contribution in [0.3, 0.4) is 0 Å². The Balaban J connectivity index is 0.00000341. The smallest absolute Gasteiger partial charge is 0.200 e. The van der Waals surface area contributed by atoms with Crippen molar-refractivity contribution < 1.29 is 19.0 Å². The zero-order valence-corrected chi connectivity index (χ0v) is 20.4. The van der Waals surface area contributed by atoms with Crippen LogP contribution in [0.1, 0.15) is 12.5 Å². The van der Waals surface area contributed by atoms with Crippen molar-refractivity contribution in [3.63, 3.8) is 0 Å². The quantitative estimate of drug-likeness (QED) is 0.330. The van der Waals surface area contributed by atoms with Crippen LogP contribution in [-0.2, 0) is 6.54 Å². The Labute approximate surface area is 199 Å². The molecule has 1 saturated heterocycles. The molecule has 3 rings (SSSR count). The van der Waals surface area contributed by atoms with Gasteiger partial charge in [-0.25, -0.2) is 9.38 Å². The number of hydrogen-bond acceptors (Lipinski definition) is 5. The summed E-state index contributed by atoms with van der Waals surface area (Å²) in [5.41, 5.74) is 1.91. The van der Waals surface area contributed by atoms with Crippen LogP contribution in [0.4, 0.5) is 10.1 Å². The van der Waals surface area contributed by atoms with Gasteiger partial charge in [-0.15, -0.1) is 24.0 Å². The maximum Gasteiger partial charge on any atom is 0.200 e. The molecule has 0 unspecified atom stereocenters. The molecule has 1 fully saturated rings. The van der Waals surface area contributed by atoms with E-state index in [4.69, 9.17) is 14.5 Å². The van der Waals surface area contributed by atoms with Gasteiger partial charge in [-0.1, -0.05) is 0 Å². The minimum atomic E-state index is -0.221. The summed E-state index contributed by atoms with van der Waals surface area (Å²) in [6.07, 6.45) is 0. The van der Waals surface area contributed by atoms with E-state index in [-0.39, 0.29) is 35.5 Å². The molecule has 0 saturated carbocycles. The number of hydrogen-bond donors (Lipinski definition) is 2. The number of phenolic OH excluding ortho intramolecular Hbond substituents is 1. The molecule has 1 aliphatic heterocycles. The molecule has 0 aliphatic carbocycles. The normalized spacial score (nSPS) is 14.1. The predicted molar refractivity (Wildman–Crippen MR) is 132 cm³/mol. The molecule has 0 radical (unpaired) electrons. The topological polar surface area (TPSA) is 69.6 Å². The molecule has 7 nitrogen and oxygen atoms in total. The van der Waals surface area contributed by atoms with Crippen molar-refractivity contribution in [1.29, 1.82) is 0 Å². The number of benzene rings is 2. The summed E-state index contributed by atoms with van der Waals surface area (Å²) >= 11 is 0. The third-order valence-corrected chi connectivity index (χ3v) is 5.06. The van der Waals surface area contributed by atoms with Crippen molar-refractivity contribution in [2.45, 2.75) is 13.5 Å². The fourth-order valence-electron chi connectivity index (χ4n) is 3.46. The van der Waals surface area contributed by atoms with E-state index in [1.54, 1.807) is 12.1 Å². The third kappa shape index (κ3) is 6.28. The van der Waals surface area contributed by atoms with E-state index in [1.165, 1.54) is 26.4 Å². The summed E-state index contributed by atoms with van der Waals surface area (Å²) in [7, 11) is 3.01. The number of anilines is 1. The predicted octanol–water partition coefficient (Wildman–Crippen LogP) is 3.45. The van der Waals surface area contributed by atoms with E-state index in [0.29, 0.717) is 18.0 Å². The van der Waals surface area contributed by atoms with Crippen LogP contribution in [0.25, 0.3) is 0 Å². The highest BCUT2D eigenvalue weighted by Gasteiger charge is 2.20. The Kier molecular flexibility index (Phi) is 9.47. The fourth-order valence-corrected chi connectivity index (χ4v) is 3.46. The lowest BCUT2D eigenvalue weighted by Gasteiger charge is -2.37. The highest BCUT2D eigenvalue weighted by molar-refractivity contribution is 14.0. The van der Waals surface area contributed by atoms with Crippen molar-refractivity contribution in [2.75, 3.05) is 51.8 Å². The highest BCUT2D eigenvalue weighted by Crippen LogP contribution is 2.37. The Hall–Kier alpha value is -2.43. The first kappa shape index (κ1) is 24.8. The van der Waals surface area contributed by atoms with Gasteiger partial charge in [-0.3, -0.25) is 0 Å². The Morgan fingerprint density at radius 3 is 2.16 bits per heavy atom. The van der Waals surface area contributed by atoms with Gasteiger partial charge in [0.05, 0.1) is 20.8 Å². The molecule has 1 heterocycles. The Morgan fingerprint density at radius 2 is 1.65 bits per heavy atom. The molecular weight excluding hydrogens is 514 g/mol. The highest BCUT2D eigenvalue weighted by atomic mass is 127. The second kappa shape index (κ2) is 11.8. The van der Waals surface area contributed by atoms with E-state index in [2.05, 4.69) is 15.1 Å². The SMILES string of the molecule is CCNC(=NCc1cc(OC)c(O)c(OC)c1)N1CCN(c2ccc(F)cc2)CC1.I. The lowest BCUT2D eigenvalue weighted by molar-refractivity contribution is 0.339. The van der Waals surface area contributed by atoms with Gasteiger partial charge in [0.1, 0.15) is 5.82 Å². The summed E-state index contributed by atoms with van der Waals surface area (Å²) in [5, 5.41) is 13.4. The van der Waals surface area contributed by atoms with E-state index < -0.39 is 0 Å². The van der Waals surface area contributed by atoms with Crippen LogP contribution in [0, 0.1) is 5.82 Å². The van der Waals surface area contributed by atoms with E-state index in [0.717, 1.165) is 49.9 Å². The minimum absolute atomic E-state index is 0. The summed E-state index contributed by atoms with van der Waals surface area (Å²) in [4.78, 5) is 9.23. The second-order valence-electron chi connectivity index (χ2n) is 6.97. The first-order valence-corrected chi connectivity index (χ1v) is 10.0. The Bertz CT molecular complexity index is 847. The van der Waals surface area contributed by atoms with Gasteiger partial charge >= 0.3 is 0 Å². The van der Waals surface area contributed by atoms with Crippen molar-refractivity contribution in [3.8, 4) is 17.2 Å². The first-order valence-electron chi connectivity index (χ1n) is 10.0. The van der Waals surface area contributed by atoms with Gasteiger partial charge in [-0.2, -0.15) is 0 Å². The summed E-state index contributed by atoms with van der Waals surface area (Å²) in [5.74, 6) is 1.31. The molecule has 170 valence electrons. The molecular formula is C22H30FIN4O3. The van der Waals surface area contributed by atoms with Crippen LogP contribution < -0.4 is 19.7 Å². The standard InChI is InChI=1S/C22H29FN4O3.HI/c1-4-24-22(25-15-16-13-19(29-2)21(28)20(14-16)30-3)27-11-9-26(10-12-27)18-7-5-17(23)6-8-18;/h5-8,13-14,28H,4,9-12,15H2,1-3H3,(H,24,25);1H. The number of aromatic hydroxyl groups is 1. The average Bonchev–Trinajstić information content (AvgIpc) is 2.78.